The molecule has 3 rings (SSSR count). The van der Waals surface area contributed by atoms with Crippen molar-refractivity contribution in [3.05, 3.63) is 69.9 Å². The fourth-order valence-corrected chi connectivity index (χ4v) is 2.53. The number of amides is 1. The summed E-state index contributed by atoms with van der Waals surface area (Å²) in [6.45, 7) is 0. The third-order valence-corrected chi connectivity index (χ3v) is 3.96. The molecule has 0 aliphatic carbocycles. The van der Waals surface area contributed by atoms with Gasteiger partial charge in [0, 0.05) is 23.3 Å². The molecule has 1 aromatic heterocycles. The summed E-state index contributed by atoms with van der Waals surface area (Å²) in [5, 5.41) is 21.4. The minimum atomic E-state index is -0.508. The summed E-state index contributed by atoms with van der Waals surface area (Å²) < 4.78 is 10.5. The van der Waals surface area contributed by atoms with Gasteiger partial charge in [0.25, 0.3) is 11.6 Å². The standard InChI is InChI=1S/C19H17N5O5/c1-28-17-7-6-13(9-18(17)29-2)15-10-16(22-21-15)19(25)23-20-11-12-4-3-5-14(8-12)24(26)27/h3-11H,1-2H3,(H,21,22)(H,23,25). The Morgan fingerprint density at radius 3 is 2.69 bits per heavy atom. The molecule has 0 aliphatic heterocycles. The summed E-state index contributed by atoms with van der Waals surface area (Å²) in [5.74, 6) is 0.617. The molecule has 0 fully saturated rings. The number of ether oxygens (including phenoxy) is 2. The maximum atomic E-state index is 12.2. The minimum absolute atomic E-state index is 0.0617. The van der Waals surface area contributed by atoms with Gasteiger partial charge in [0.15, 0.2) is 11.5 Å². The summed E-state index contributed by atoms with van der Waals surface area (Å²) in [5.41, 5.74) is 4.24. The molecule has 2 N–H and O–H groups in total. The Balaban J connectivity index is 1.70. The Hall–Kier alpha value is -4.21. The van der Waals surface area contributed by atoms with E-state index >= 15 is 0 Å². The third kappa shape index (κ3) is 4.56. The van der Waals surface area contributed by atoms with Gasteiger partial charge in [0.1, 0.15) is 5.69 Å². The largest absolute Gasteiger partial charge is 0.493 e. The molecule has 0 unspecified atom stereocenters. The fourth-order valence-electron chi connectivity index (χ4n) is 2.53. The zero-order chi connectivity index (χ0) is 20.8. The molecule has 10 nitrogen and oxygen atoms in total. The van der Waals surface area contributed by atoms with Gasteiger partial charge in [0.2, 0.25) is 0 Å². The van der Waals surface area contributed by atoms with Crippen LogP contribution in [-0.2, 0) is 0 Å². The van der Waals surface area contributed by atoms with Gasteiger partial charge in [-0.1, -0.05) is 12.1 Å². The molecular weight excluding hydrogens is 378 g/mol. The minimum Gasteiger partial charge on any atom is -0.493 e. The summed E-state index contributed by atoms with van der Waals surface area (Å²) in [6.07, 6.45) is 1.32. The highest BCUT2D eigenvalue weighted by atomic mass is 16.6. The lowest BCUT2D eigenvalue weighted by molar-refractivity contribution is -0.384. The van der Waals surface area contributed by atoms with Gasteiger partial charge in [-0.15, -0.1) is 0 Å². The first kappa shape index (κ1) is 19.5. The van der Waals surface area contributed by atoms with Gasteiger partial charge in [-0.05, 0) is 24.3 Å². The first-order valence-electron chi connectivity index (χ1n) is 8.37. The van der Waals surface area contributed by atoms with E-state index in [1.54, 1.807) is 37.4 Å². The fraction of sp³-hybridized carbons (Fsp3) is 0.105. The van der Waals surface area contributed by atoms with Gasteiger partial charge >= 0.3 is 0 Å². The van der Waals surface area contributed by atoms with Crippen molar-refractivity contribution in [1.82, 2.24) is 15.6 Å². The van der Waals surface area contributed by atoms with E-state index in [2.05, 4.69) is 20.7 Å². The lowest BCUT2D eigenvalue weighted by Crippen LogP contribution is -2.18. The molecular formula is C19H17N5O5. The molecule has 29 heavy (non-hydrogen) atoms. The highest BCUT2D eigenvalue weighted by Crippen LogP contribution is 2.31. The van der Waals surface area contributed by atoms with E-state index in [4.69, 9.17) is 9.47 Å². The van der Waals surface area contributed by atoms with Crippen molar-refractivity contribution < 1.29 is 19.2 Å². The zero-order valence-corrected chi connectivity index (χ0v) is 15.6. The second kappa shape index (κ2) is 8.65. The van der Waals surface area contributed by atoms with Crippen molar-refractivity contribution in [3.63, 3.8) is 0 Å². The number of hydrogen-bond donors (Lipinski definition) is 2. The molecule has 148 valence electrons. The van der Waals surface area contributed by atoms with Crippen LogP contribution < -0.4 is 14.9 Å². The van der Waals surface area contributed by atoms with Crippen LogP contribution in [0, 0.1) is 10.1 Å². The molecule has 0 spiro atoms. The van der Waals surface area contributed by atoms with E-state index in [1.165, 1.54) is 31.5 Å². The summed E-state index contributed by atoms with van der Waals surface area (Å²) >= 11 is 0. The Kier molecular flexibility index (Phi) is 5.83. The Labute approximate surface area is 165 Å². The van der Waals surface area contributed by atoms with Crippen LogP contribution in [0.2, 0.25) is 0 Å². The highest BCUT2D eigenvalue weighted by molar-refractivity contribution is 5.94. The van der Waals surface area contributed by atoms with Crippen molar-refractivity contribution in [3.8, 4) is 22.8 Å². The number of nitrogens with zero attached hydrogens (tertiary/aromatic N) is 3. The van der Waals surface area contributed by atoms with E-state index in [1.807, 2.05) is 0 Å². The molecule has 1 amide bonds. The van der Waals surface area contributed by atoms with Gasteiger partial charge in [-0.2, -0.15) is 10.2 Å². The quantitative estimate of drug-likeness (QED) is 0.359. The van der Waals surface area contributed by atoms with Crippen LogP contribution in [0.25, 0.3) is 11.3 Å². The Morgan fingerprint density at radius 2 is 1.97 bits per heavy atom. The molecule has 0 atom stereocenters. The number of rotatable bonds is 7. The number of aromatic nitrogens is 2. The lowest BCUT2D eigenvalue weighted by Gasteiger charge is -2.08. The van der Waals surface area contributed by atoms with Crippen LogP contribution in [0.15, 0.2) is 53.6 Å². The third-order valence-electron chi connectivity index (χ3n) is 3.96. The van der Waals surface area contributed by atoms with E-state index in [9.17, 15) is 14.9 Å². The van der Waals surface area contributed by atoms with Crippen molar-refractivity contribution >= 4 is 17.8 Å². The molecule has 2 aromatic carbocycles. The molecule has 0 aliphatic rings. The smallest absolute Gasteiger partial charge is 0.289 e. The predicted octanol–water partition coefficient (Wildman–Crippen LogP) is 2.77. The second-order valence-electron chi connectivity index (χ2n) is 5.79. The van der Waals surface area contributed by atoms with Crippen molar-refractivity contribution in [2.45, 2.75) is 0 Å². The molecule has 0 saturated carbocycles. The van der Waals surface area contributed by atoms with Crippen LogP contribution in [0.3, 0.4) is 0 Å². The number of nitro groups is 1. The van der Waals surface area contributed by atoms with Crippen molar-refractivity contribution in [2.24, 2.45) is 5.10 Å². The number of nitrogens with one attached hydrogen (secondary N) is 2. The van der Waals surface area contributed by atoms with E-state index in [0.29, 0.717) is 22.8 Å². The monoisotopic (exact) mass is 395 g/mol. The number of methoxy groups -OCH3 is 2. The average Bonchev–Trinajstić information content (AvgIpc) is 3.23. The number of hydrogen-bond acceptors (Lipinski definition) is 7. The van der Waals surface area contributed by atoms with E-state index in [-0.39, 0.29) is 11.4 Å². The van der Waals surface area contributed by atoms with E-state index < -0.39 is 10.8 Å². The zero-order valence-electron chi connectivity index (χ0n) is 15.6. The number of carbonyl (C=O) groups excluding carboxylic acids is 1. The summed E-state index contributed by atoms with van der Waals surface area (Å²) in [6, 6.07) is 12.7. The lowest BCUT2D eigenvalue weighted by atomic mass is 10.1. The number of benzene rings is 2. The van der Waals surface area contributed by atoms with Gasteiger partial charge in [-0.3, -0.25) is 20.0 Å². The highest BCUT2D eigenvalue weighted by Gasteiger charge is 2.13. The number of carbonyl (C=O) groups is 1. The predicted molar refractivity (Wildman–Crippen MR) is 105 cm³/mol. The molecule has 3 aromatic rings. The number of aromatic amines is 1. The summed E-state index contributed by atoms with van der Waals surface area (Å²) in [4.78, 5) is 22.5. The Bertz CT molecular complexity index is 1080. The normalized spacial score (nSPS) is 10.7. The topological polar surface area (TPSA) is 132 Å². The first-order chi connectivity index (χ1) is 14.0. The molecule has 1 heterocycles. The maximum absolute atomic E-state index is 12.2. The number of hydrazone groups is 1. The van der Waals surface area contributed by atoms with Crippen LogP contribution in [0.1, 0.15) is 16.1 Å². The van der Waals surface area contributed by atoms with Gasteiger partial charge < -0.3 is 9.47 Å². The summed E-state index contributed by atoms with van der Waals surface area (Å²) in [7, 11) is 3.08. The van der Waals surface area contributed by atoms with Crippen molar-refractivity contribution in [1.29, 1.82) is 0 Å². The first-order valence-corrected chi connectivity index (χ1v) is 8.37. The SMILES string of the molecule is COc1ccc(-c2cc(C(=O)NN=Cc3cccc([N+](=O)[O-])c3)[nH]n2)cc1OC. The van der Waals surface area contributed by atoms with Crippen LogP contribution in [0.4, 0.5) is 5.69 Å². The number of nitro benzene ring substituents is 1. The van der Waals surface area contributed by atoms with Crippen LogP contribution in [-0.4, -0.2) is 41.5 Å². The van der Waals surface area contributed by atoms with Crippen LogP contribution >= 0.6 is 0 Å². The Morgan fingerprint density at radius 1 is 1.17 bits per heavy atom. The average molecular weight is 395 g/mol. The second-order valence-corrected chi connectivity index (χ2v) is 5.79. The van der Waals surface area contributed by atoms with Gasteiger partial charge in [-0.25, -0.2) is 5.43 Å². The van der Waals surface area contributed by atoms with Crippen LogP contribution in [0.5, 0.6) is 11.5 Å². The van der Waals surface area contributed by atoms with Gasteiger partial charge in [0.05, 0.1) is 31.1 Å². The number of non-ortho nitro benzene ring substituents is 1. The maximum Gasteiger partial charge on any atom is 0.289 e. The number of H-pyrrole nitrogens is 1. The molecule has 0 bridgehead atoms. The molecule has 0 radical (unpaired) electrons. The molecule has 0 saturated heterocycles. The van der Waals surface area contributed by atoms with E-state index in [0.717, 1.165) is 5.56 Å². The van der Waals surface area contributed by atoms with Crippen molar-refractivity contribution in [2.75, 3.05) is 14.2 Å². The molecule has 10 heteroatoms.